The molecule has 104 valence electrons. The molecule has 1 aliphatic rings. The summed E-state index contributed by atoms with van der Waals surface area (Å²) in [5.41, 5.74) is 6.65. The molecular weight excluding hydrogens is 271 g/mol. The monoisotopic (exact) mass is 292 g/mol. The Bertz CT molecular complexity index is 323. The molecule has 0 radical (unpaired) electrons. The van der Waals surface area contributed by atoms with Crippen LogP contribution >= 0.6 is 24.8 Å². The van der Waals surface area contributed by atoms with Crippen LogP contribution in [0.5, 0.6) is 0 Å². The molecule has 4 nitrogen and oxygen atoms in total. The van der Waals surface area contributed by atoms with Gasteiger partial charge in [-0.2, -0.15) is 0 Å². The number of anilines is 1. The maximum atomic E-state index is 5.55. The highest BCUT2D eigenvalue weighted by Crippen LogP contribution is 2.13. The van der Waals surface area contributed by atoms with Crippen molar-refractivity contribution in [2.75, 3.05) is 37.6 Å². The van der Waals surface area contributed by atoms with Gasteiger partial charge in [-0.25, -0.2) is 4.98 Å². The van der Waals surface area contributed by atoms with Crippen LogP contribution in [0.3, 0.4) is 0 Å². The lowest BCUT2D eigenvalue weighted by atomic mass is 10.2. The number of rotatable bonds is 3. The molecule has 0 aromatic carbocycles. The van der Waals surface area contributed by atoms with Crippen molar-refractivity contribution in [3.05, 3.63) is 23.9 Å². The Morgan fingerprint density at radius 3 is 2.28 bits per heavy atom. The van der Waals surface area contributed by atoms with E-state index in [1.54, 1.807) is 0 Å². The van der Waals surface area contributed by atoms with E-state index in [4.69, 9.17) is 5.73 Å². The van der Waals surface area contributed by atoms with Crippen molar-refractivity contribution in [2.24, 2.45) is 5.73 Å². The van der Waals surface area contributed by atoms with Crippen LogP contribution in [0.4, 0.5) is 5.82 Å². The molecule has 1 saturated heterocycles. The molecule has 18 heavy (non-hydrogen) atoms. The zero-order valence-electron chi connectivity index (χ0n) is 10.7. The largest absolute Gasteiger partial charge is 0.354 e. The summed E-state index contributed by atoms with van der Waals surface area (Å²) < 4.78 is 0. The van der Waals surface area contributed by atoms with Crippen LogP contribution < -0.4 is 10.6 Å². The van der Waals surface area contributed by atoms with E-state index < -0.39 is 0 Å². The normalized spacial score (nSPS) is 15.8. The zero-order valence-corrected chi connectivity index (χ0v) is 12.3. The molecule has 0 amide bonds. The Morgan fingerprint density at radius 2 is 1.83 bits per heavy atom. The summed E-state index contributed by atoms with van der Waals surface area (Å²) in [6.45, 7) is 8.34. The van der Waals surface area contributed by atoms with E-state index in [1.165, 1.54) is 0 Å². The van der Waals surface area contributed by atoms with Gasteiger partial charge in [-0.1, -0.05) is 13.0 Å². The second-order valence-corrected chi connectivity index (χ2v) is 4.15. The molecule has 2 rings (SSSR count). The second kappa shape index (κ2) is 8.53. The van der Waals surface area contributed by atoms with Gasteiger partial charge in [0.15, 0.2) is 0 Å². The minimum Gasteiger partial charge on any atom is -0.354 e. The molecule has 0 unspecified atom stereocenters. The number of likely N-dealkylation sites (N-methyl/N-ethyl adjacent to an activating group) is 1. The number of piperazine rings is 1. The minimum absolute atomic E-state index is 0. The Hall–Kier alpha value is -0.550. The Kier molecular flexibility index (Phi) is 8.27. The van der Waals surface area contributed by atoms with E-state index in [9.17, 15) is 0 Å². The van der Waals surface area contributed by atoms with E-state index in [2.05, 4.69) is 33.8 Å². The molecule has 1 aromatic heterocycles. The molecule has 0 atom stereocenters. The lowest BCUT2D eigenvalue weighted by Gasteiger charge is -2.34. The van der Waals surface area contributed by atoms with Crippen LogP contribution in [0.15, 0.2) is 18.3 Å². The third kappa shape index (κ3) is 4.28. The van der Waals surface area contributed by atoms with E-state index in [-0.39, 0.29) is 24.8 Å². The van der Waals surface area contributed by atoms with Crippen molar-refractivity contribution in [3.63, 3.8) is 0 Å². The molecule has 0 saturated carbocycles. The highest BCUT2D eigenvalue weighted by atomic mass is 35.5. The summed E-state index contributed by atoms with van der Waals surface area (Å²) in [6, 6.07) is 4.14. The number of hydrogen-bond acceptors (Lipinski definition) is 4. The first-order chi connectivity index (χ1) is 7.83. The first-order valence-corrected chi connectivity index (χ1v) is 5.95. The zero-order chi connectivity index (χ0) is 11.4. The lowest BCUT2D eigenvalue weighted by Crippen LogP contribution is -2.46. The van der Waals surface area contributed by atoms with Crippen LogP contribution in [-0.2, 0) is 6.54 Å². The van der Waals surface area contributed by atoms with Gasteiger partial charge in [0.05, 0.1) is 0 Å². The topological polar surface area (TPSA) is 45.4 Å². The standard InChI is InChI=1S/C12H20N4.2ClH/c1-2-15-5-7-16(8-6-15)12-4-3-11(9-13)10-14-12;;/h3-4,10H,2,5-9,13H2,1H3;2*1H. The molecule has 1 aliphatic heterocycles. The van der Waals surface area contributed by atoms with E-state index in [0.29, 0.717) is 6.54 Å². The van der Waals surface area contributed by atoms with Gasteiger partial charge in [-0.05, 0) is 18.2 Å². The van der Waals surface area contributed by atoms with E-state index in [1.807, 2.05) is 6.20 Å². The van der Waals surface area contributed by atoms with Crippen molar-refractivity contribution in [1.82, 2.24) is 9.88 Å². The summed E-state index contributed by atoms with van der Waals surface area (Å²) in [4.78, 5) is 9.25. The number of halogens is 2. The molecular formula is C12H22Cl2N4. The smallest absolute Gasteiger partial charge is 0.128 e. The highest BCUT2D eigenvalue weighted by molar-refractivity contribution is 5.85. The highest BCUT2D eigenvalue weighted by Gasteiger charge is 2.16. The van der Waals surface area contributed by atoms with Crippen LogP contribution in [0.2, 0.25) is 0 Å². The van der Waals surface area contributed by atoms with Crippen LogP contribution in [0.1, 0.15) is 12.5 Å². The molecule has 2 N–H and O–H groups in total. The van der Waals surface area contributed by atoms with Crippen LogP contribution in [0, 0.1) is 0 Å². The summed E-state index contributed by atoms with van der Waals surface area (Å²) in [7, 11) is 0. The molecule has 0 bridgehead atoms. The lowest BCUT2D eigenvalue weighted by molar-refractivity contribution is 0.270. The number of nitrogens with zero attached hydrogens (tertiary/aromatic N) is 3. The third-order valence-electron chi connectivity index (χ3n) is 3.19. The summed E-state index contributed by atoms with van der Waals surface area (Å²) >= 11 is 0. The Balaban J connectivity index is 0.00000144. The summed E-state index contributed by atoms with van der Waals surface area (Å²) in [6.07, 6.45) is 1.88. The second-order valence-electron chi connectivity index (χ2n) is 4.15. The predicted molar refractivity (Wildman–Crippen MR) is 81.0 cm³/mol. The minimum atomic E-state index is 0. The average Bonchev–Trinajstić information content (AvgIpc) is 2.39. The van der Waals surface area contributed by atoms with Crippen LogP contribution in [-0.4, -0.2) is 42.6 Å². The first-order valence-electron chi connectivity index (χ1n) is 5.95. The molecule has 1 fully saturated rings. The fraction of sp³-hybridized carbons (Fsp3) is 0.583. The first kappa shape index (κ1) is 17.4. The summed E-state index contributed by atoms with van der Waals surface area (Å²) in [5, 5.41) is 0. The van der Waals surface area contributed by atoms with Gasteiger partial charge < -0.3 is 15.5 Å². The van der Waals surface area contributed by atoms with Crippen molar-refractivity contribution in [2.45, 2.75) is 13.5 Å². The van der Waals surface area contributed by atoms with Gasteiger partial charge in [0.2, 0.25) is 0 Å². The number of aromatic nitrogens is 1. The predicted octanol–water partition coefficient (Wildman–Crippen LogP) is 1.53. The van der Waals surface area contributed by atoms with Gasteiger partial charge in [-0.3, -0.25) is 0 Å². The van der Waals surface area contributed by atoms with Gasteiger partial charge in [0.1, 0.15) is 5.82 Å². The quantitative estimate of drug-likeness (QED) is 0.918. The Labute approximate surface area is 121 Å². The maximum Gasteiger partial charge on any atom is 0.128 e. The van der Waals surface area contributed by atoms with Crippen LogP contribution in [0.25, 0.3) is 0 Å². The molecule has 1 aromatic rings. The van der Waals surface area contributed by atoms with Crippen molar-refractivity contribution >= 4 is 30.6 Å². The molecule has 0 spiro atoms. The average molecular weight is 293 g/mol. The Morgan fingerprint density at radius 1 is 1.17 bits per heavy atom. The number of hydrogen-bond donors (Lipinski definition) is 1. The fourth-order valence-corrected chi connectivity index (χ4v) is 2.02. The van der Waals surface area contributed by atoms with E-state index >= 15 is 0 Å². The van der Waals surface area contributed by atoms with Crippen molar-refractivity contribution in [3.8, 4) is 0 Å². The van der Waals surface area contributed by atoms with Crippen molar-refractivity contribution in [1.29, 1.82) is 0 Å². The van der Waals surface area contributed by atoms with E-state index in [0.717, 1.165) is 44.1 Å². The van der Waals surface area contributed by atoms with Crippen molar-refractivity contribution < 1.29 is 0 Å². The number of nitrogens with two attached hydrogens (primary N) is 1. The fourth-order valence-electron chi connectivity index (χ4n) is 2.02. The van der Waals surface area contributed by atoms with Gasteiger partial charge in [-0.15, -0.1) is 24.8 Å². The van der Waals surface area contributed by atoms with Gasteiger partial charge in [0, 0.05) is 38.9 Å². The summed E-state index contributed by atoms with van der Waals surface area (Å²) in [5.74, 6) is 1.08. The van der Waals surface area contributed by atoms with Gasteiger partial charge >= 0.3 is 0 Å². The van der Waals surface area contributed by atoms with Gasteiger partial charge in [0.25, 0.3) is 0 Å². The molecule has 2 heterocycles. The molecule has 0 aliphatic carbocycles. The number of pyridine rings is 1. The molecule has 6 heteroatoms. The maximum absolute atomic E-state index is 5.55. The SMILES string of the molecule is CCN1CCN(c2ccc(CN)cn2)CC1.Cl.Cl. The third-order valence-corrected chi connectivity index (χ3v) is 3.19.